The first-order chi connectivity index (χ1) is 5.42. The minimum absolute atomic E-state index is 0. The number of hydrazone groups is 1. The number of fused-ring (bicyclic) bond motifs is 1. The topological polar surface area (TPSA) is 75.5 Å². The molecule has 0 aliphatic carbocycles. The molecule has 2 aliphatic heterocycles. The van der Waals surface area contributed by atoms with Crippen LogP contribution in [0.15, 0.2) is 31.7 Å². The van der Waals surface area contributed by atoms with Crippen molar-refractivity contribution in [1.29, 1.82) is 0 Å². The van der Waals surface area contributed by atoms with Gasteiger partial charge in [0, 0.05) is 6.21 Å². The van der Waals surface area contributed by atoms with Gasteiger partial charge in [-0.05, 0) is 6.08 Å². The molecular formula is C6H6ClN5. The molecule has 5 nitrogen and oxygen atoms in total. The van der Waals surface area contributed by atoms with Crippen LogP contribution in [0.1, 0.15) is 0 Å². The lowest BCUT2D eigenvalue weighted by Crippen LogP contribution is -2.13. The molecule has 12 heavy (non-hydrogen) atoms. The molecule has 0 aromatic heterocycles. The molecule has 62 valence electrons. The fourth-order valence-corrected chi connectivity index (χ4v) is 0.915. The smallest absolute Gasteiger partial charge is 0.184 e. The molecule has 2 aliphatic rings. The molecule has 0 aromatic carbocycles. The Balaban J connectivity index is 0.000000720. The van der Waals surface area contributed by atoms with Crippen LogP contribution in [0.4, 0.5) is 0 Å². The summed E-state index contributed by atoms with van der Waals surface area (Å²) in [4.78, 5) is 11.7. The van der Waals surface area contributed by atoms with Gasteiger partial charge in [0.15, 0.2) is 11.7 Å². The van der Waals surface area contributed by atoms with E-state index in [0.29, 0.717) is 11.7 Å². The average Bonchev–Trinajstić information content (AvgIpc) is 2.50. The monoisotopic (exact) mass is 183 g/mol. The summed E-state index contributed by atoms with van der Waals surface area (Å²) in [6.45, 7) is 0. The third kappa shape index (κ3) is 1.14. The fraction of sp³-hybridized carbons (Fsp3) is 0. The molecule has 6 heteroatoms. The molecule has 0 fully saturated rings. The number of hydrogen-bond acceptors (Lipinski definition) is 4. The first-order valence-electron chi connectivity index (χ1n) is 3.05. The lowest BCUT2D eigenvalue weighted by Gasteiger charge is -2.03. The number of hydrogen-bond donors (Lipinski definition) is 1. The maximum atomic E-state index is 5.08. The average molecular weight is 184 g/mol. The van der Waals surface area contributed by atoms with E-state index in [9.17, 15) is 0 Å². The summed E-state index contributed by atoms with van der Waals surface area (Å²) in [5, 5.41) is 3.48. The minimum Gasteiger partial charge on any atom is -0.321 e. The number of rotatable bonds is 0. The highest BCUT2D eigenvalue weighted by molar-refractivity contribution is 6.32. The van der Waals surface area contributed by atoms with Gasteiger partial charge < -0.3 is 5.84 Å². The van der Waals surface area contributed by atoms with Crippen molar-refractivity contribution in [2.24, 2.45) is 25.9 Å². The molecule has 0 saturated carbocycles. The summed E-state index contributed by atoms with van der Waals surface area (Å²) in [5.41, 5.74) is 0.787. The minimum atomic E-state index is 0. The molecular weight excluding hydrogens is 178 g/mol. The Morgan fingerprint density at radius 1 is 1.33 bits per heavy atom. The van der Waals surface area contributed by atoms with Crippen molar-refractivity contribution in [2.45, 2.75) is 0 Å². The molecule has 0 bridgehead atoms. The van der Waals surface area contributed by atoms with Crippen LogP contribution >= 0.6 is 12.4 Å². The summed E-state index contributed by atoms with van der Waals surface area (Å²) in [5.74, 6) is 6.19. The predicted octanol–water partition coefficient (Wildman–Crippen LogP) is 0.132. The van der Waals surface area contributed by atoms with Crippen LogP contribution in [-0.4, -0.2) is 24.2 Å². The summed E-state index contributed by atoms with van der Waals surface area (Å²) in [6.07, 6.45) is 4.82. The molecule has 0 saturated heterocycles. The maximum absolute atomic E-state index is 5.08. The summed E-state index contributed by atoms with van der Waals surface area (Å²) >= 11 is 0. The number of halogens is 1. The second kappa shape index (κ2) is 3.27. The lowest BCUT2D eigenvalue weighted by atomic mass is 10.2. The number of nitrogens with two attached hydrogens (primary N) is 1. The van der Waals surface area contributed by atoms with Crippen molar-refractivity contribution in [3.63, 3.8) is 0 Å². The van der Waals surface area contributed by atoms with E-state index >= 15 is 0 Å². The van der Waals surface area contributed by atoms with Gasteiger partial charge in [-0.1, -0.05) is 0 Å². The normalized spacial score (nSPS) is 21.5. The summed E-state index contributed by atoms with van der Waals surface area (Å²) < 4.78 is 0. The third-order valence-electron chi connectivity index (χ3n) is 1.40. The van der Waals surface area contributed by atoms with E-state index in [4.69, 9.17) is 5.84 Å². The zero-order chi connectivity index (χ0) is 7.68. The number of nitrogens with zero attached hydrogens (tertiary/aromatic N) is 4. The summed E-state index contributed by atoms with van der Waals surface area (Å²) in [7, 11) is 0. The van der Waals surface area contributed by atoms with E-state index in [0.717, 1.165) is 5.57 Å². The van der Waals surface area contributed by atoms with Crippen LogP contribution < -0.4 is 5.84 Å². The van der Waals surface area contributed by atoms with Crippen LogP contribution in [-0.2, 0) is 0 Å². The molecule has 0 unspecified atom stereocenters. The second-order valence-corrected chi connectivity index (χ2v) is 2.01. The van der Waals surface area contributed by atoms with Gasteiger partial charge >= 0.3 is 0 Å². The van der Waals surface area contributed by atoms with Crippen LogP contribution in [0.2, 0.25) is 0 Å². The van der Waals surface area contributed by atoms with Crippen LogP contribution in [0.5, 0.6) is 0 Å². The highest BCUT2D eigenvalue weighted by Gasteiger charge is 2.17. The van der Waals surface area contributed by atoms with Crippen molar-refractivity contribution >= 4 is 36.6 Å². The summed E-state index contributed by atoms with van der Waals surface area (Å²) in [6, 6.07) is 0. The van der Waals surface area contributed by atoms with Gasteiger partial charge in [0.05, 0.1) is 5.57 Å². The Kier molecular flexibility index (Phi) is 2.35. The number of amidine groups is 2. The van der Waals surface area contributed by atoms with Gasteiger partial charge in [0.1, 0.15) is 6.34 Å². The van der Waals surface area contributed by atoms with Gasteiger partial charge in [-0.15, -0.1) is 12.4 Å². The SMILES string of the molecule is Cl.NN=C1N=CN=C2N=CC=C12. The molecule has 2 heterocycles. The molecule has 0 radical (unpaired) electrons. The van der Waals surface area contributed by atoms with E-state index in [2.05, 4.69) is 20.1 Å². The third-order valence-corrected chi connectivity index (χ3v) is 1.40. The van der Waals surface area contributed by atoms with Crippen molar-refractivity contribution < 1.29 is 0 Å². The standard InChI is InChI=1S/C6H5N5.ClH/c7-11-6-4-1-2-8-5(4)9-3-10-6;/h1-3H,7H2;1H. The molecule has 2 rings (SSSR count). The largest absolute Gasteiger partial charge is 0.321 e. The zero-order valence-electron chi connectivity index (χ0n) is 6.01. The van der Waals surface area contributed by atoms with Crippen molar-refractivity contribution in [2.75, 3.05) is 0 Å². The first kappa shape index (κ1) is 8.61. The highest BCUT2D eigenvalue weighted by atomic mass is 35.5. The Labute approximate surface area is 74.9 Å². The van der Waals surface area contributed by atoms with E-state index < -0.39 is 0 Å². The quantitative estimate of drug-likeness (QED) is 0.421. The number of aliphatic imine (C=N–C) groups is 3. The maximum Gasteiger partial charge on any atom is 0.184 e. The Morgan fingerprint density at radius 2 is 2.17 bits per heavy atom. The van der Waals surface area contributed by atoms with Crippen LogP contribution in [0, 0.1) is 0 Å². The first-order valence-corrected chi connectivity index (χ1v) is 3.05. The van der Waals surface area contributed by atoms with E-state index in [-0.39, 0.29) is 12.4 Å². The Morgan fingerprint density at radius 3 is 2.92 bits per heavy atom. The number of allylic oxidation sites excluding steroid dienone is 1. The van der Waals surface area contributed by atoms with Crippen LogP contribution in [0.3, 0.4) is 0 Å². The van der Waals surface area contributed by atoms with Crippen molar-refractivity contribution in [3.8, 4) is 0 Å². The molecule has 0 aromatic rings. The van der Waals surface area contributed by atoms with Gasteiger partial charge in [-0.3, -0.25) is 0 Å². The second-order valence-electron chi connectivity index (χ2n) is 2.01. The zero-order valence-corrected chi connectivity index (χ0v) is 6.82. The Hall–Kier alpha value is -1.49. The molecule has 0 spiro atoms. The highest BCUT2D eigenvalue weighted by Crippen LogP contribution is 2.11. The molecule has 0 atom stereocenters. The molecule has 0 amide bonds. The van der Waals surface area contributed by atoms with Gasteiger partial charge in [0.2, 0.25) is 0 Å². The predicted molar refractivity (Wildman–Crippen MR) is 51.4 cm³/mol. The molecule has 2 N–H and O–H groups in total. The lowest BCUT2D eigenvalue weighted by molar-refractivity contribution is 1.23. The van der Waals surface area contributed by atoms with Gasteiger partial charge in [0.25, 0.3) is 0 Å². The van der Waals surface area contributed by atoms with Crippen LogP contribution in [0.25, 0.3) is 0 Å². The Bertz CT molecular complexity index is 336. The fourth-order valence-electron chi connectivity index (χ4n) is 0.915. The van der Waals surface area contributed by atoms with E-state index in [1.54, 1.807) is 12.3 Å². The van der Waals surface area contributed by atoms with Crippen molar-refractivity contribution in [1.82, 2.24) is 0 Å². The van der Waals surface area contributed by atoms with E-state index in [1.165, 1.54) is 6.34 Å². The van der Waals surface area contributed by atoms with Crippen molar-refractivity contribution in [3.05, 3.63) is 11.6 Å². The van der Waals surface area contributed by atoms with Gasteiger partial charge in [-0.25, -0.2) is 15.0 Å². The van der Waals surface area contributed by atoms with E-state index in [1.807, 2.05) is 0 Å². The van der Waals surface area contributed by atoms with Gasteiger partial charge in [-0.2, -0.15) is 5.10 Å².